The molecule has 0 aromatic carbocycles. The molecule has 0 unspecified atom stereocenters. The van der Waals surface area contributed by atoms with Crippen LogP contribution in [-0.4, -0.2) is 59.7 Å². The second kappa shape index (κ2) is 7.49. The van der Waals surface area contributed by atoms with E-state index in [0.717, 1.165) is 21.8 Å². The van der Waals surface area contributed by atoms with Crippen LogP contribution < -0.4 is 5.32 Å². The number of nitrogens with zero attached hydrogens (tertiary/aromatic N) is 4. The molecule has 1 aromatic heterocycles. The van der Waals surface area contributed by atoms with Gasteiger partial charge in [-0.1, -0.05) is 20.3 Å². The van der Waals surface area contributed by atoms with Gasteiger partial charge in [-0.25, -0.2) is 4.68 Å². The molecule has 3 rings (SSSR count). The monoisotopic (exact) mass is 423 g/mol. The lowest BCUT2D eigenvalue weighted by Gasteiger charge is -2.35. The second-order valence-corrected chi connectivity index (χ2v) is 10.2. The van der Waals surface area contributed by atoms with Gasteiger partial charge in [-0.2, -0.15) is 35.3 Å². The van der Waals surface area contributed by atoms with Crippen molar-refractivity contribution in [3.63, 3.8) is 0 Å². The normalized spacial score (nSPS) is 27.1. The molecule has 1 saturated heterocycles. The fourth-order valence-electron chi connectivity index (χ4n) is 3.91. The Labute approximate surface area is 164 Å². The Hall–Kier alpha value is -1.33. The van der Waals surface area contributed by atoms with Crippen molar-refractivity contribution >= 4 is 16.0 Å². The number of alkyl halides is 3. The molecule has 7 nitrogen and oxygen atoms in total. The number of hydrogen-bond donors (Lipinski definition) is 1. The van der Waals surface area contributed by atoms with Gasteiger partial charge in [-0.3, -0.25) is 0 Å². The molecule has 160 valence electrons. The van der Waals surface area contributed by atoms with Gasteiger partial charge >= 0.3 is 6.18 Å². The van der Waals surface area contributed by atoms with Crippen LogP contribution in [0.4, 0.5) is 19.0 Å². The maximum Gasteiger partial charge on any atom is 0.410 e. The zero-order valence-electron chi connectivity index (χ0n) is 16.6. The summed E-state index contributed by atoms with van der Waals surface area (Å²) in [5.74, 6) is 0.326. The number of fused-ring (bicyclic) bond motifs is 1. The quantitative estimate of drug-likeness (QED) is 0.808. The fourth-order valence-corrected chi connectivity index (χ4v) is 5.22. The average Bonchev–Trinajstić information content (AvgIpc) is 3.03. The fraction of sp³-hybridized carbons (Fsp3) is 0.824. The van der Waals surface area contributed by atoms with Crippen LogP contribution in [0.2, 0.25) is 0 Å². The van der Waals surface area contributed by atoms with E-state index in [-0.39, 0.29) is 18.4 Å². The number of aromatic nitrogens is 2. The van der Waals surface area contributed by atoms with Crippen LogP contribution in [-0.2, 0) is 10.2 Å². The Morgan fingerprint density at radius 1 is 1.29 bits per heavy atom. The van der Waals surface area contributed by atoms with Crippen molar-refractivity contribution in [2.45, 2.75) is 63.8 Å². The van der Waals surface area contributed by atoms with Crippen molar-refractivity contribution < 1.29 is 21.6 Å². The molecule has 28 heavy (non-hydrogen) atoms. The molecule has 0 amide bonds. The number of rotatable bonds is 4. The summed E-state index contributed by atoms with van der Waals surface area (Å²) in [6, 6.07) is -1.02. The lowest BCUT2D eigenvalue weighted by atomic mass is 9.94. The highest BCUT2D eigenvalue weighted by molar-refractivity contribution is 7.86. The van der Waals surface area contributed by atoms with Crippen molar-refractivity contribution in [1.29, 1.82) is 0 Å². The zero-order valence-corrected chi connectivity index (χ0v) is 17.4. The van der Waals surface area contributed by atoms with Gasteiger partial charge in [-0.15, -0.1) is 0 Å². The summed E-state index contributed by atoms with van der Waals surface area (Å²) in [5, 5.41) is 7.41. The van der Waals surface area contributed by atoms with Gasteiger partial charge in [-0.05, 0) is 25.2 Å². The lowest BCUT2D eigenvalue weighted by Crippen LogP contribution is -2.44. The third-order valence-electron chi connectivity index (χ3n) is 5.60. The molecule has 0 spiro atoms. The van der Waals surface area contributed by atoms with Gasteiger partial charge in [0.1, 0.15) is 5.82 Å². The third kappa shape index (κ3) is 3.88. The Morgan fingerprint density at radius 2 is 1.96 bits per heavy atom. The summed E-state index contributed by atoms with van der Waals surface area (Å²) in [7, 11) is -0.786. The minimum Gasteiger partial charge on any atom is -0.367 e. The van der Waals surface area contributed by atoms with Crippen LogP contribution in [0.1, 0.15) is 57.3 Å². The number of piperidine rings is 1. The topological polar surface area (TPSA) is 70.5 Å². The molecular weight excluding hydrogens is 395 g/mol. The van der Waals surface area contributed by atoms with Gasteiger partial charge in [0.15, 0.2) is 6.04 Å². The third-order valence-corrected chi connectivity index (χ3v) is 7.55. The number of halogens is 3. The van der Waals surface area contributed by atoms with Crippen molar-refractivity contribution in [1.82, 2.24) is 18.4 Å². The van der Waals surface area contributed by atoms with E-state index in [1.54, 1.807) is 6.07 Å². The van der Waals surface area contributed by atoms with E-state index in [1.807, 2.05) is 13.8 Å². The van der Waals surface area contributed by atoms with Crippen LogP contribution in [0.25, 0.3) is 0 Å². The first kappa shape index (κ1) is 21.4. The highest BCUT2D eigenvalue weighted by atomic mass is 32.2. The molecule has 0 bridgehead atoms. The van der Waals surface area contributed by atoms with Crippen molar-refractivity contribution in [2.75, 3.05) is 26.0 Å². The molecule has 3 atom stereocenters. The highest BCUT2D eigenvalue weighted by Gasteiger charge is 2.47. The molecule has 1 aromatic rings. The Morgan fingerprint density at radius 3 is 2.54 bits per heavy atom. The maximum absolute atomic E-state index is 13.7. The number of nitrogens with one attached hydrogen (secondary N) is 1. The Balaban J connectivity index is 2.00. The first-order chi connectivity index (χ1) is 12.9. The molecule has 2 aliphatic heterocycles. The standard InChI is InChI=1S/C17H28F3N5O2S/c1-11(2)12-9-15(17(18,19)20)25-16(21-12)10-13(22-25)14-7-5-6-8-24(14)28(26,27)23(3)4/h10-12,14-15,21H,5-9H2,1-4H3/t12-,14-,15+/m0/s1. The molecule has 11 heteroatoms. The number of anilines is 1. The predicted octanol–water partition coefficient (Wildman–Crippen LogP) is 3.16. The van der Waals surface area contributed by atoms with E-state index >= 15 is 0 Å². The van der Waals surface area contributed by atoms with Crippen LogP contribution in [0, 0.1) is 5.92 Å². The van der Waals surface area contributed by atoms with Crippen LogP contribution in [0.15, 0.2) is 6.07 Å². The molecule has 3 heterocycles. The molecule has 2 aliphatic rings. The van der Waals surface area contributed by atoms with Crippen LogP contribution in [0.3, 0.4) is 0 Å². The molecule has 1 fully saturated rings. The molecular formula is C17H28F3N5O2S. The maximum atomic E-state index is 13.7. The first-order valence-corrected chi connectivity index (χ1v) is 10.9. The summed E-state index contributed by atoms with van der Waals surface area (Å²) in [5.41, 5.74) is 0.367. The van der Waals surface area contributed by atoms with E-state index < -0.39 is 28.5 Å². The van der Waals surface area contributed by atoms with Crippen molar-refractivity contribution in [3.05, 3.63) is 11.8 Å². The van der Waals surface area contributed by atoms with Gasteiger partial charge in [0.25, 0.3) is 10.2 Å². The average molecular weight is 424 g/mol. The summed E-state index contributed by atoms with van der Waals surface area (Å²) >= 11 is 0. The van der Waals surface area contributed by atoms with Gasteiger partial charge < -0.3 is 5.32 Å². The predicted molar refractivity (Wildman–Crippen MR) is 100 cm³/mol. The van der Waals surface area contributed by atoms with Gasteiger partial charge in [0.05, 0.1) is 11.7 Å². The van der Waals surface area contributed by atoms with E-state index in [1.165, 1.54) is 18.4 Å². The van der Waals surface area contributed by atoms with Crippen LogP contribution in [0.5, 0.6) is 0 Å². The van der Waals surface area contributed by atoms with E-state index in [4.69, 9.17) is 0 Å². The smallest absolute Gasteiger partial charge is 0.367 e. The number of hydrogen-bond acceptors (Lipinski definition) is 4. The zero-order chi connectivity index (χ0) is 20.9. The van der Waals surface area contributed by atoms with Gasteiger partial charge in [0.2, 0.25) is 0 Å². The summed E-state index contributed by atoms with van der Waals surface area (Å²) < 4.78 is 69.9. The van der Waals surface area contributed by atoms with E-state index in [9.17, 15) is 21.6 Å². The lowest BCUT2D eigenvalue weighted by molar-refractivity contribution is -0.174. The summed E-state index contributed by atoms with van der Waals surface area (Å²) in [6.07, 6.45) is -2.46. The largest absolute Gasteiger partial charge is 0.410 e. The first-order valence-electron chi connectivity index (χ1n) is 9.55. The second-order valence-electron chi connectivity index (χ2n) is 8.10. The SMILES string of the molecule is CC(C)[C@@H]1C[C@H](C(F)(F)F)n2nc([C@@H]3CCCCN3S(=O)(=O)N(C)C)cc2N1. The molecule has 0 radical (unpaired) electrons. The molecule has 1 N–H and O–H groups in total. The minimum atomic E-state index is -4.42. The summed E-state index contributed by atoms with van der Waals surface area (Å²) in [4.78, 5) is 0. The molecule has 0 aliphatic carbocycles. The van der Waals surface area contributed by atoms with Crippen molar-refractivity contribution in [3.8, 4) is 0 Å². The Bertz CT molecular complexity index is 806. The summed E-state index contributed by atoms with van der Waals surface area (Å²) in [6.45, 7) is 4.09. The van der Waals surface area contributed by atoms with Crippen molar-refractivity contribution in [2.24, 2.45) is 5.92 Å². The van der Waals surface area contributed by atoms with Gasteiger partial charge in [0, 0.05) is 32.7 Å². The van der Waals surface area contributed by atoms with E-state index in [2.05, 4.69) is 10.4 Å². The van der Waals surface area contributed by atoms with Crippen LogP contribution >= 0.6 is 0 Å². The minimum absolute atomic E-state index is 0.0252. The van der Waals surface area contributed by atoms with E-state index in [0.29, 0.717) is 24.5 Å². The molecule has 0 saturated carbocycles. The Kier molecular flexibility index (Phi) is 5.72. The highest BCUT2D eigenvalue weighted by Crippen LogP contribution is 2.42.